The molecule has 3 rings (SSSR count). The lowest BCUT2D eigenvalue weighted by Gasteiger charge is -2.13. The lowest BCUT2D eigenvalue weighted by atomic mass is 10.2. The number of nitrogens with zero attached hydrogens (tertiary/aromatic N) is 2. The Morgan fingerprint density at radius 1 is 1.19 bits per heavy atom. The number of amidine groups is 1. The van der Waals surface area contributed by atoms with Crippen molar-refractivity contribution in [2.45, 2.75) is 18.6 Å². The van der Waals surface area contributed by atoms with E-state index in [0.29, 0.717) is 33.1 Å². The minimum absolute atomic E-state index is 0.0667. The molecule has 0 saturated carbocycles. The van der Waals surface area contributed by atoms with Gasteiger partial charge in [-0.15, -0.1) is 0 Å². The molecule has 0 aromatic heterocycles. The number of hydrogen-bond acceptors (Lipinski definition) is 4. The number of thioether (sulfide) groups is 1. The topological polar surface area (TPSA) is 61.8 Å². The van der Waals surface area contributed by atoms with Crippen LogP contribution in [-0.4, -0.2) is 33.7 Å². The second-order valence-corrected chi connectivity index (χ2v) is 7.87. The lowest BCUT2D eigenvalue weighted by Crippen LogP contribution is -2.33. The van der Waals surface area contributed by atoms with Crippen LogP contribution < -0.4 is 5.32 Å². The van der Waals surface area contributed by atoms with Crippen molar-refractivity contribution in [2.75, 3.05) is 11.9 Å². The van der Waals surface area contributed by atoms with Gasteiger partial charge in [0.25, 0.3) is 0 Å². The molecule has 5 nitrogen and oxygen atoms in total. The first-order chi connectivity index (χ1) is 13.0. The van der Waals surface area contributed by atoms with Crippen LogP contribution in [-0.2, 0) is 9.59 Å². The van der Waals surface area contributed by atoms with Gasteiger partial charge >= 0.3 is 0 Å². The molecule has 2 aromatic rings. The molecule has 1 unspecified atom stereocenters. The Balaban J connectivity index is 1.70. The lowest BCUT2D eigenvalue weighted by molar-refractivity contribution is -0.128. The van der Waals surface area contributed by atoms with E-state index in [1.165, 1.54) is 11.8 Å². The summed E-state index contributed by atoms with van der Waals surface area (Å²) < 4.78 is 0. The van der Waals surface area contributed by atoms with Gasteiger partial charge in [0.05, 0.1) is 5.69 Å². The third kappa shape index (κ3) is 5.03. The number of benzene rings is 2. The average molecular weight is 422 g/mol. The second kappa shape index (κ2) is 8.78. The number of hydrogen-bond donors (Lipinski definition) is 1. The van der Waals surface area contributed by atoms with Gasteiger partial charge in [-0.25, -0.2) is 4.99 Å². The van der Waals surface area contributed by atoms with Crippen LogP contribution in [0.3, 0.4) is 0 Å². The highest BCUT2D eigenvalue weighted by Gasteiger charge is 2.38. The monoisotopic (exact) mass is 421 g/mol. The summed E-state index contributed by atoms with van der Waals surface area (Å²) in [4.78, 5) is 31.1. The van der Waals surface area contributed by atoms with E-state index in [0.717, 1.165) is 0 Å². The zero-order valence-electron chi connectivity index (χ0n) is 14.5. The van der Waals surface area contributed by atoms with E-state index in [1.54, 1.807) is 47.4 Å². The Kier molecular flexibility index (Phi) is 6.42. The van der Waals surface area contributed by atoms with Gasteiger partial charge in [-0.1, -0.05) is 41.0 Å². The van der Waals surface area contributed by atoms with Crippen molar-refractivity contribution in [1.82, 2.24) is 4.90 Å². The van der Waals surface area contributed by atoms with Gasteiger partial charge in [0.2, 0.25) is 11.8 Å². The van der Waals surface area contributed by atoms with Crippen molar-refractivity contribution < 1.29 is 9.59 Å². The average Bonchev–Trinajstić information content (AvgIpc) is 2.91. The molecule has 1 aliphatic heterocycles. The first-order valence-electron chi connectivity index (χ1n) is 8.34. The predicted molar refractivity (Wildman–Crippen MR) is 112 cm³/mol. The summed E-state index contributed by atoms with van der Waals surface area (Å²) in [5.74, 6) is -0.349. The molecule has 1 fully saturated rings. The summed E-state index contributed by atoms with van der Waals surface area (Å²) in [6, 6.07) is 13.9. The van der Waals surface area contributed by atoms with Crippen molar-refractivity contribution >= 4 is 63.3 Å². The SMILES string of the molecule is CCN1C(=O)C(CC(=O)Nc2ccc(Cl)cc2)SC1=Nc1cccc(Cl)c1. The molecule has 0 bridgehead atoms. The summed E-state index contributed by atoms with van der Waals surface area (Å²) in [5.41, 5.74) is 1.31. The predicted octanol–water partition coefficient (Wildman–Crippen LogP) is 4.97. The largest absolute Gasteiger partial charge is 0.326 e. The maximum absolute atomic E-state index is 12.6. The minimum Gasteiger partial charge on any atom is -0.326 e. The number of amides is 2. The molecule has 27 heavy (non-hydrogen) atoms. The smallest absolute Gasteiger partial charge is 0.242 e. The fourth-order valence-electron chi connectivity index (χ4n) is 2.59. The molecule has 0 aliphatic carbocycles. The fourth-order valence-corrected chi connectivity index (χ4v) is 4.12. The van der Waals surface area contributed by atoms with Crippen LogP contribution in [0.2, 0.25) is 10.0 Å². The van der Waals surface area contributed by atoms with E-state index in [4.69, 9.17) is 23.2 Å². The first kappa shape index (κ1) is 19.7. The van der Waals surface area contributed by atoms with Crippen LogP contribution >= 0.6 is 35.0 Å². The molecule has 1 heterocycles. The third-order valence-electron chi connectivity index (χ3n) is 3.87. The van der Waals surface area contributed by atoms with E-state index in [9.17, 15) is 9.59 Å². The van der Waals surface area contributed by atoms with Gasteiger partial charge in [-0.2, -0.15) is 0 Å². The molecule has 140 valence electrons. The third-order valence-corrected chi connectivity index (χ3v) is 5.53. The molecule has 8 heteroatoms. The van der Waals surface area contributed by atoms with Gasteiger partial charge in [0.1, 0.15) is 5.25 Å². The minimum atomic E-state index is -0.504. The maximum atomic E-state index is 12.6. The van der Waals surface area contributed by atoms with Crippen molar-refractivity contribution in [3.63, 3.8) is 0 Å². The zero-order valence-corrected chi connectivity index (χ0v) is 16.8. The molecule has 1 aliphatic rings. The van der Waals surface area contributed by atoms with E-state index in [1.807, 2.05) is 13.0 Å². The molecule has 2 amide bonds. The Morgan fingerprint density at radius 2 is 1.93 bits per heavy atom. The van der Waals surface area contributed by atoms with Crippen LogP contribution in [0.4, 0.5) is 11.4 Å². The highest BCUT2D eigenvalue weighted by molar-refractivity contribution is 8.15. The van der Waals surface area contributed by atoms with Crippen molar-refractivity contribution in [3.8, 4) is 0 Å². The van der Waals surface area contributed by atoms with Gasteiger partial charge in [0.15, 0.2) is 5.17 Å². The van der Waals surface area contributed by atoms with Gasteiger partial charge in [-0.05, 0) is 49.4 Å². The maximum Gasteiger partial charge on any atom is 0.242 e. The van der Waals surface area contributed by atoms with Gasteiger partial charge in [-0.3, -0.25) is 14.5 Å². The van der Waals surface area contributed by atoms with E-state index in [2.05, 4.69) is 10.3 Å². The highest BCUT2D eigenvalue weighted by Crippen LogP contribution is 2.32. The molecule has 0 radical (unpaired) electrons. The summed E-state index contributed by atoms with van der Waals surface area (Å²) >= 11 is 13.1. The molecule has 1 N–H and O–H groups in total. The molecule has 1 atom stereocenters. The molecular weight excluding hydrogens is 405 g/mol. The molecular formula is C19H17Cl2N3O2S. The van der Waals surface area contributed by atoms with E-state index < -0.39 is 5.25 Å². The second-order valence-electron chi connectivity index (χ2n) is 5.82. The van der Waals surface area contributed by atoms with Crippen LogP contribution in [0.1, 0.15) is 13.3 Å². The van der Waals surface area contributed by atoms with E-state index in [-0.39, 0.29) is 18.2 Å². The Labute approximate surface area is 171 Å². The van der Waals surface area contributed by atoms with Crippen molar-refractivity contribution in [3.05, 3.63) is 58.6 Å². The number of carbonyl (C=O) groups is 2. The Morgan fingerprint density at radius 3 is 2.59 bits per heavy atom. The van der Waals surface area contributed by atoms with Crippen molar-refractivity contribution in [2.24, 2.45) is 4.99 Å². The Hall–Kier alpha value is -2.02. The van der Waals surface area contributed by atoms with Crippen molar-refractivity contribution in [1.29, 1.82) is 0 Å². The van der Waals surface area contributed by atoms with Crippen LogP contribution in [0.15, 0.2) is 53.5 Å². The van der Waals surface area contributed by atoms with Gasteiger partial charge in [0, 0.05) is 28.7 Å². The Bertz CT molecular complexity index is 887. The number of nitrogens with one attached hydrogen (secondary N) is 1. The van der Waals surface area contributed by atoms with Crippen LogP contribution in [0, 0.1) is 0 Å². The number of aliphatic imine (C=N–C) groups is 1. The van der Waals surface area contributed by atoms with E-state index >= 15 is 0 Å². The quantitative estimate of drug-likeness (QED) is 0.740. The fraction of sp³-hybridized carbons (Fsp3) is 0.211. The molecule has 2 aromatic carbocycles. The number of rotatable bonds is 5. The summed E-state index contributed by atoms with van der Waals surface area (Å²) in [6.07, 6.45) is 0.0667. The molecule has 1 saturated heterocycles. The summed E-state index contributed by atoms with van der Waals surface area (Å²) in [6.45, 7) is 2.36. The van der Waals surface area contributed by atoms with Gasteiger partial charge < -0.3 is 5.32 Å². The van der Waals surface area contributed by atoms with Crippen LogP contribution in [0.5, 0.6) is 0 Å². The zero-order chi connectivity index (χ0) is 19.4. The number of carbonyl (C=O) groups excluding carboxylic acids is 2. The summed E-state index contributed by atoms with van der Waals surface area (Å²) in [5, 5.41) is 4.03. The summed E-state index contributed by atoms with van der Waals surface area (Å²) in [7, 11) is 0. The highest BCUT2D eigenvalue weighted by atomic mass is 35.5. The molecule has 0 spiro atoms. The first-order valence-corrected chi connectivity index (χ1v) is 9.97. The standard InChI is InChI=1S/C19H17Cl2N3O2S/c1-2-24-18(26)16(11-17(25)22-14-8-6-12(20)7-9-14)27-19(24)23-15-5-3-4-13(21)10-15/h3-10,16H,2,11H2,1H3,(H,22,25). The number of halogens is 2. The normalized spacial score (nSPS) is 18.2. The number of anilines is 1. The van der Waals surface area contributed by atoms with Crippen LogP contribution in [0.25, 0.3) is 0 Å².